The number of pyridine rings is 1. The number of rotatable bonds is 1. The molecule has 82 valence electrons. The second kappa shape index (κ2) is 3.46. The maximum atomic E-state index is 13.2. The normalized spacial score (nSPS) is 27.1. The summed E-state index contributed by atoms with van der Waals surface area (Å²) in [5, 5.41) is 3.42. The van der Waals surface area contributed by atoms with Gasteiger partial charge in [0.2, 0.25) is 5.95 Å². The molecule has 0 amide bonds. The minimum atomic E-state index is -0.561. The average molecular weight is 217 g/mol. The standard InChI is InChI=1S/C12H12FN3/c1-2-8-3-10(6-15-12(8)13)16-7-9-4-11(16)5-14-9/h1,3,6,9,11,14H,4-5,7H2/t9-,11-/m1/s1. The summed E-state index contributed by atoms with van der Waals surface area (Å²) in [5.74, 6) is 1.76. The van der Waals surface area contributed by atoms with E-state index in [-0.39, 0.29) is 5.56 Å². The Morgan fingerprint density at radius 1 is 1.62 bits per heavy atom. The summed E-state index contributed by atoms with van der Waals surface area (Å²) in [6.45, 7) is 1.95. The minimum Gasteiger partial charge on any atom is -0.364 e. The number of anilines is 1. The number of halogens is 1. The molecule has 2 aliphatic heterocycles. The highest BCUT2D eigenvalue weighted by Crippen LogP contribution is 2.29. The van der Waals surface area contributed by atoms with Crippen LogP contribution >= 0.6 is 0 Å². The van der Waals surface area contributed by atoms with E-state index in [1.807, 2.05) is 0 Å². The first-order chi connectivity index (χ1) is 7.78. The molecule has 0 spiro atoms. The fourth-order valence-corrected chi connectivity index (χ4v) is 2.57. The highest BCUT2D eigenvalue weighted by atomic mass is 19.1. The molecule has 2 atom stereocenters. The molecule has 2 fully saturated rings. The molecular weight excluding hydrogens is 205 g/mol. The lowest BCUT2D eigenvalue weighted by atomic mass is 10.2. The number of hydrogen-bond acceptors (Lipinski definition) is 3. The van der Waals surface area contributed by atoms with Gasteiger partial charge in [0.05, 0.1) is 17.4 Å². The van der Waals surface area contributed by atoms with Crippen LogP contribution < -0.4 is 10.2 Å². The summed E-state index contributed by atoms with van der Waals surface area (Å²) in [6, 6.07) is 2.77. The third-order valence-electron chi connectivity index (χ3n) is 3.37. The highest BCUT2D eigenvalue weighted by Gasteiger charge is 2.37. The van der Waals surface area contributed by atoms with Crippen LogP contribution in [0.5, 0.6) is 0 Å². The summed E-state index contributed by atoms with van der Waals surface area (Å²) in [6.07, 6.45) is 7.96. The maximum absolute atomic E-state index is 13.2. The van der Waals surface area contributed by atoms with Crippen LogP contribution in [0.15, 0.2) is 12.3 Å². The van der Waals surface area contributed by atoms with Crippen molar-refractivity contribution in [1.29, 1.82) is 0 Å². The van der Waals surface area contributed by atoms with Gasteiger partial charge in [-0.3, -0.25) is 0 Å². The van der Waals surface area contributed by atoms with Gasteiger partial charge in [-0.25, -0.2) is 4.98 Å². The Bertz CT molecular complexity index is 466. The number of hydrogen-bond donors (Lipinski definition) is 1. The van der Waals surface area contributed by atoms with Gasteiger partial charge in [0.25, 0.3) is 0 Å². The Morgan fingerprint density at radius 2 is 2.50 bits per heavy atom. The van der Waals surface area contributed by atoms with Crippen LogP contribution in [0.1, 0.15) is 12.0 Å². The number of piperazine rings is 1. The number of nitrogens with one attached hydrogen (secondary N) is 1. The molecule has 3 nitrogen and oxygen atoms in total. The van der Waals surface area contributed by atoms with Crippen molar-refractivity contribution in [3.05, 3.63) is 23.8 Å². The van der Waals surface area contributed by atoms with E-state index in [1.54, 1.807) is 12.3 Å². The molecule has 0 saturated carbocycles. The summed E-state index contributed by atoms with van der Waals surface area (Å²) >= 11 is 0. The lowest BCUT2D eigenvalue weighted by Crippen LogP contribution is -2.43. The molecule has 16 heavy (non-hydrogen) atoms. The van der Waals surface area contributed by atoms with Crippen molar-refractivity contribution in [2.24, 2.45) is 0 Å². The van der Waals surface area contributed by atoms with E-state index in [0.717, 1.165) is 25.2 Å². The zero-order valence-corrected chi connectivity index (χ0v) is 8.78. The van der Waals surface area contributed by atoms with Gasteiger partial charge in [0.1, 0.15) is 0 Å². The summed E-state index contributed by atoms with van der Waals surface area (Å²) in [7, 11) is 0. The molecule has 1 aromatic rings. The number of terminal acetylenes is 1. The van der Waals surface area contributed by atoms with Gasteiger partial charge < -0.3 is 10.2 Å². The van der Waals surface area contributed by atoms with E-state index in [4.69, 9.17) is 6.42 Å². The van der Waals surface area contributed by atoms with Gasteiger partial charge in [-0.15, -0.1) is 6.42 Å². The summed E-state index contributed by atoms with van der Waals surface area (Å²) < 4.78 is 13.2. The Kier molecular flexibility index (Phi) is 2.08. The summed E-state index contributed by atoms with van der Waals surface area (Å²) in [4.78, 5) is 5.97. The van der Waals surface area contributed by atoms with E-state index in [0.29, 0.717) is 12.1 Å². The first-order valence-corrected chi connectivity index (χ1v) is 5.40. The van der Waals surface area contributed by atoms with Gasteiger partial charge in [0, 0.05) is 25.2 Å². The van der Waals surface area contributed by atoms with Crippen molar-refractivity contribution in [3.63, 3.8) is 0 Å². The molecule has 2 bridgehead atoms. The zero-order chi connectivity index (χ0) is 11.1. The van der Waals surface area contributed by atoms with Crippen molar-refractivity contribution in [1.82, 2.24) is 10.3 Å². The Labute approximate surface area is 93.7 Å². The van der Waals surface area contributed by atoms with Crippen molar-refractivity contribution in [2.45, 2.75) is 18.5 Å². The molecule has 1 aromatic heterocycles. The minimum absolute atomic E-state index is 0.244. The lowest BCUT2D eigenvalue weighted by Gasteiger charge is -2.29. The van der Waals surface area contributed by atoms with Gasteiger partial charge in [0.15, 0.2) is 0 Å². The first kappa shape index (κ1) is 9.61. The monoisotopic (exact) mass is 217 g/mol. The molecule has 0 unspecified atom stereocenters. The topological polar surface area (TPSA) is 28.2 Å². The predicted molar refractivity (Wildman–Crippen MR) is 59.7 cm³/mol. The van der Waals surface area contributed by atoms with E-state index in [9.17, 15) is 4.39 Å². The number of fused-ring (bicyclic) bond motifs is 2. The van der Waals surface area contributed by atoms with Crippen LogP contribution in [0.4, 0.5) is 10.1 Å². The molecule has 2 aliphatic rings. The van der Waals surface area contributed by atoms with Crippen LogP contribution in [-0.4, -0.2) is 30.2 Å². The van der Waals surface area contributed by atoms with Crippen LogP contribution in [0.25, 0.3) is 0 Å². The molecule has 3 rings (SSSR count). The zero-order valence-electron chi connectivity index (χ0n) is 8.78. The van der Waals surface area contributed by atoms with Gasteiger partial charge in [-0.05, 0) is 12.5 Å². The van der Waals surface area contributed by atoms with Gasteiger partial charge in [-0.2, -0.15) is 4.39 Å². The predicted octanol–water partition coefficient (Wildman–Crippen LogP) is 0.753. The number of aromatic nitrogens is 1. The van der Waals surface area contributed by atoms with Crippen molar-refractivity contribution >= 4 is 5.69 Å². The molecule has 3 heterocycles. The van der Waals surface area contributed by atoms with Crippen LogP contribution in [0.2, 0.25) is 0 Å². The van der Waals surface area contributed by atoms with Gasteiger partial charge in [-0.1, -0.05) is 5.92 Å². The fourth-order valence-electron chi connectivity index (χ4n) is 2.57. The third kappa shape index (κ3) is 1.36. The molecule has 0 aromatic carbocycles. The third-order valence-corrected chi connectivity index (χ3v) is 3.37. The lowest BCUT2D eigenvalue weighted by molar-refractivity contribution is 0.568. The first-order valence-electron chi connectivity index (χ1n) is 5.40. The summed E-state index contributed by atoms with van der Waals surface area (Å²) in [5.41, 5.74) is 1.18. The molecule has 4 heteroatoms. The van der Waals surface area contributed by atoms with E-state index in [1.165, 1.54) is 0 Å². The fraction of sp³-hybridized carbons (Fsp3) is 0.417. The van der Waals surface area contributed by atoms with E-state index >= 15 is 0 Å². The quantitative estimate of drug-likeness (QED) is 0.556. The average Bonchev–Trinajstić information content (AvgIpc) is 2.91. The van der Waals surface area contributed by atoms with Crippen LogP contribution in [0, 0.1) is 18.3 Å². The highest BCUT2D eigenvalue weighted by molar-refractivity contribution is 5.52. The maximum Gasteiger partial charge on any atom is 0.228 e. The van der Waals surface area contributed by atoms with Gasteiger partial charge >= 0.3 is 0 Å². The molecular formula is C12H12FN3. The van der Waals surface area contributed by atoms with Crippen molar-refractivity contribution in [2.75, 3.05) is 18.0 Å². The Hall–Kier alpha value is -1.60. The molecule has 1 N–H and O–H groups in total. The molecule has 0 aliphatic carbocycles. The molecule has 2 saturated heterocycles. The largest absolute Gasteiger partial charge is 0.364 e. The van der Waals surface area contributed by atoms with Crippen molar-refractivity contribution < 1.29 is 4.39 Å². The Balaban J connectivity index is 1.93. The Morgan fingerprint density at radius 3 is 3.12 bits per heavy atom. The van der Waals surface area contributed by atoms with Crippen LogP contribution in [-0.2, 0) is 0 Å². The van der Waals surface area contributed by atoms with E-state index in [2.05, 4.69) is 21.1 Å². The van der Waals surface area contributed by atoms with E-state index < -0.39 is 5.95 Å². The number of nitrogens with zero attached hydrogens (tertiary/aromatic N) is 2. The van der Waals surface area contributed by atoms with Crippen LogP contribution in [0.3, 0.4) is 0 Å². The second-order valence-electron chi connectivity index (χ2n) is 4.32. The van der Waals surface area contributed by atoms with Crippen molar-refractivity contribution in [3.8, 4) is 12.3 Å². The molecule has 0 radical (unpaired) electrons. The smallest absolute Gasteiger partial charge is 0.228 e. The second-order valence-corrected chi connectivity index (χ2v) is 4.32. The SMILES string of the molecule is C#Cc1cc(N2C[C@H]3C[C@@H]2CN3)cnc1F.